The summed E-state index contributed by atoms with van der Waals surface area (Å²) in [5.41, 5.74) is 7.44. The number of nitrogens with two attached hydrogens (primary N) is 1. The molecule has 3 heteroatoms. The van der Waals surface area contributed by atoms with Crippen LogP contribution in [0.3, 0.4) is 0 Å². The molecule has 104 valence electrons. The standard InChI is InChI=1S/C16H24N2O/c1-16(2)9-8-13(11-16)18-15(19)10-14(17)12-6-4-3-5-7-12/h3-7,13-14H,8-11,17H2,1-2H3,(H,18,19). The average molecular weight is 260 g/mol. The van der Waals surface area contributed by atoms with Crippen molar-refractivity contribution in [2.45, 2.75) is 51.6 Å². The Morgan fingerprint density at radius 1 is 1.42 bits per heavy atom. The molecule has 1 aromatic rings. The van der Waals surface area contributed by atoms with Crippen LogP contribution in [-0.2, 0) is 4.79 Å². The van der Waals surface area contributed by atoms with Crippen LogP contribution >= 0.6 is 0 Å². The van der Waals surface area contributed by atoms with E-state index in [2.05, 4.69) is 19.2 Å². The van der Waals surface area contributed by atoms with Crippen LogP contribution < -0.4 is 11.1 Å². The Morgan fingerprint density at radius 3 is 2.68 bits per heavy atom. The monoisotopic (exact) mass is 260 g/mol. The molecule has 0 bridgehead atoms. The van der Waals surface area contributed by atoms with Gasteiger partial charge in [-0.2, -0.15) is 0 Å². The molecular formula is C16H24N2O. The van der Waals surface area contributed by atoms with Crippen molar-refractivity contribution in [2.24, 2.45) is 11.1 Å². The lowest BCUT2D eigenvalue weighted by Gasteiger charge is -2.19. The Balaban J connectivity index is 1.82. The van der Waals surface area contributed by atoms with Crippen LogP contribution in [0.15, 0.2) is 30.3 Å². The Labute approximate surface area is 115 Å². The maximum atomic E-state index is 12.0. The normalized spacial score (nSPS) is 23.0. The van der Waals surface area contributed by atoms with Crippen molar-refractivity contribution < 1.29 is 4.79 Å². The largest absolute Gasteiger partial charge is 0.353 e. The summed E-state index contributed by atoms with van der Waals surface area (Å²) in [4.78, 5) is 12.0. The Bertz CT molecular complexity index is 428. The summed E-state index contributed by atoms with van der Waals surface area (Å²) in [7, 11) is 0. The van der Waals surface area contributed by atoms with E-state index in [0.717, 1.165) is 18.4 Å². The molecule has 1 aromatic carbocycles. The van der Waals surface area contributed by atoms with Crippen LogP contribution in [0.25, 0.3) is 0 Å². The SMILES string of the molecule is CC1(C)CCC(NC(=O)CC(N)c2ccccc2)C1. The molecule has 0 spiro atoms. The molecule has 0 radical (unpaired) electrons. The smallest absolute Gasteiger partial charge is 0.222 e. The Kier molecular flexibility index (Phi) is 4.25. The first kappa shape index (κ1) is 14.1. The Morgan fingerprint density at radius 2 is 2.11 bits per heavy atom. The maximum absolute atomic E-state index is 12.0. The fourth-order valence-corrected chi connectivity index (χ4v) is 2.86. The molecule has 3 nitrogen and oxygen atoms in total. The van der Waals surface area contributed by atoms with E-state index in [0.29, 0.717) is 17.9 Å². The van der Waals surface area contributed by atoms with Gasteiger partial charge in [-0.25, -0.2) is 0 Å². The van der Waals surface area contributed by atoms with E-state index in [4.69, 9.17) is 5.73 Å². The fourth-order valence-electron chi connectivity index (χ4n) is 2.86. The number of hydrogen-bond acceptors (Lipinski definition) is 2. The molecule has 1 saturated carbocycles. The van der Waals surface area contributed by atoms with E-state index >= 15 is 0 Å². The lowest BCUT2D eigenvalue weighted by atomic mass is 9.92. The van der Waals surface area contributed by atoms with Crippen LogP contribution in [0.5, 0.6) is 0 Å². The van der Waals surface area contributed by atoms with Crippen molar-refractivity contribution in [1.82, 2.24) is 5.32 Å². The third kappa shape index (κ3) is 4.06. The first-order valence-electron chi connectivity index (χ1n) is 7.06. The van der Waals surface area contributed by atoms with Crippen molar-refractivity contribution in [2.75, 3.05) is 0 Å². The lowest BCUT2D eigenvalue weighted by Crippen LogP contribution is -2.35. The fraction of sp³-hybridized carbons (Fsp3) is 0.562. The number of carbonyl (C=O) groups excluding carboxylic acids is 1. The molecule has 0 aliphatic heterocycles. The lowest BCUT2D eigenvalue weighted by molar-refractivity contribution is -0.122. The van der Waals surface area contributed by atoms with E-state index in [9.17, 15) is 4.79 Å². The molecule has 2 atom stereocenters. The topological polar surface area (TPSA) is 55.1 Å². The molecule has 2 unspecified atom stereocenters. The highest BCUT2D eigenvalue weighted by Crippen LogP contribution is 2.36. The summed E-state index contributed by atoms with van der Waals surface area (Å²) in [5.74, 6) is 0.0686. The molecule has 3 N–H and O–H groups in total. The third-order valence-electron chi connectivity index (χ3n) is 3.97. The van der Waals surface area contributed by atoms with Crippen LogP contribution in [0.2, 0.25) is 0 Å². The van der Waals surface area contributed by atoms with Crippen molar-refractivity contribution >= 4 is 5.91 Å². The van der Waals surface area contributed by atoms with Crippen molar-refractivity contribution in [1.29, 1.82) is 0 Å². The highest BCUT2D eigenvalue weighted by atomic mass is 16.1. The van der Waals surface area contributed by atoms with Gasteiger partial charge in [-0.15, -0.1) is 0 Å². The molecule has 0 aromatic heterocycles. The zero-order valence-electron chi connectivity index (χ0n) is 11.9. The summed E-state index contributed by atoms with van der Waals surface area (Å²) in [6.07, 6.45) is 3.70. The predicted molar refractivity (Wildman–Crippen MR) is 77.6 cm³/mol. The zero-order chi connectivity index (χ0) is 13.9. The van der Waals surface area contributed by atoms with Crippen LogP contribution in [-0.4, -0.2) is 11.9 Å². The minimum Gasteiger partial charge on any atom is -0.353 e. The van der Waals surface area contributed by atoms with Gasteiger partial charge < -0.3 is 11.1 Å². The van der Waals surface area contributed by atoms with E-state index < -0.39 is 0 Å². The maximum Gasteiger partial charge on any atom is 0.222 e. The van der Waals surface area contributed by atoms with Crippen molar-refractivity contribution in [3.63, 3.8) is 0 Å². The molecule has 0 saturated heterocycles. The van der Waals surface area contributed by atoms with E-state index in [1.54, 1.807) is 0 Å². The van der Waals surface area contributed by atoms with E-state index in [1.807, 2.05) is 30.3 Å². The van der Waals surface area contributed by atoms with Gasteiger partial charge in [-0.05, 0) is 30.2 Å². The summed E-state index contributed by atoms with van der Waals surface area (Å²) < 4.78 is 0. The summed E-state index contributed by atoms with van der Waals surface area (Å²) in [6.45, 7) is 4.52. The van der Waals surface area contributed by atoms with E-state index in [-0.39, 0.29) is 11.9 Å². The number of rotatable bonds is 4. The van der Waals surface area contributed by atoms with Gasteiger partial charge in [0, 0.05) is 18.5 Å². The van der Waals surface area contributed by atoms with Gasteiger partial charge in [0.25, 0.3) is 0 Å². The molecule has 1 aliphatic carbocycles. The minimum atomic E-state index is -0.212. The summed E-state index contributed by atoms with van der Waals surface area (Å²) in [5, 5.41) is 3.12. The quantitative estimate of drug-likeness (QED) is 0.874. The molecule has 1 aliphatic rings. The first-order chi connectivity index (χ1) is 8.96. The second kappa shape index (κ2) is 5.74. The molecule has 2 rings (SSSR count). The van der Waals surface area contributed by atoms with Gasteiger partial charge in [0.05, 0.1) is 0 Å². The van der Waals surface area contributed by atoms with Crippen LogP contribution in [0, 0.1) is 5.41 Å². The number of nitrogens with one attached hydrogen (secondary N) is 1. The molecule has 0 heterocycles. The summed E-state index contributed by atoms with van der Waals surface area (Å²) >= 11 is 0. The zero-order valence-corrected chi connectivity index (χ0v) is 11.9. The van der Waals surface area contributed by atoms with Gasteiger partial charge in [0.1, 0.15) is 0 Å². The highest BCUT2D eigenvalue weighted by Gasteiger charge is 2.31. The number of benzene rings is 1. The second-order valence-corrected chi connectivity index (χ2v) is 6.39. The average Bonchev–Trinajstić information content (AvgIpc) is 2.69. The Hall–Kier alpha value is -1.35. The molecule has 19 heavy (non-hydrogen) atoms. The van der Waals surface area contributed by atoms with E-state index in [1.165, 1.54) is 6.42 Å². The van der Waals surface area contributed by atoms with Crippen molar-refractivity contribution in [3.8, 4) is 0 Å². The van der Waals surface area contributed by atoms with Gasteiger partial charge in [-0.1, -0.05) is 44.2 Å². The van der Waals surface area contributed by atoms with Crippen molar-refractivity contribution in [3.05, 3.63) is 35.9 Å². The van der Waals surface area contributed by atoms with Gasteiger partial charge in [-0.3, -0.25) is 4.79 Å². The third-order valence-corrected chi connectivity index (χ3v) is 3.97. The number of hydrogen-bond donors (Lipinski definition) is 2. The molecule has 1 fully saturated rings. The summed E-state index contributed by atoms with van der Waals surface area (Å²) in [6, 6.07) is 9.91. The van der Waals surface area contributed by atoms with Gasteiger partial charge >= 0.3 is 0 Å². The minimum absolute atomic E-state index is 0.0686. The first-order valence-corrected chi connectivity index (χ1v) is 7.06. The molecular weight excluding hydrogens is 236 g/mol. The predicted octanol–water partition coefficient (Wildman–Crippen LogP) is 2.77. The number of amides is 1. The highest BCUT2D eigenvalue weighted by molar-refractivity contribution is 5.77. The molecule has 1 amide bonds. The van der Waals surface area contributed by atoms with Crippen LogP contribution in [0.4, 0.5) is 0 Å². The number of carbonyl (C=O) groups is 1. The van der Waals surface area contributed by atoms with Crippen LogP contribution in [0.1, 0.15) is 51.1 Å². The second-order valence-electron chi connectivity index (χ2n) is 6.39. The van der Waals surface area contributed by atoms with Gasteiger partial charge in [0.15, 0.2) is 0 Å². The van der Waals surface area contributed by atoms with Gasteiger partial charge in [0.2, 0.25) is 5.91 Å².